The minimum atomic E-state index is -1.05. The van der Waals surface area contributed by atoms with Crippen LogP contribution in [0.15, 0.2) is 41.5 Å². The summed E-state index contributed by atoms with van der Waals surface area (Å²) in [5.41, 5.74) is 1.82. The Bertz CT molecular complexity index is 1270. The van der Waals surface area contributed by atoms with Gasteiger partial charge in [0.1, 0.15) is 12.3 Å². The normalized spacial score (nSPS) is 36.1. The molecule has 0 bridgehead atoms. The van der Waals surface area contributed by atoms with Gasteiger partial charge in [0.25, 0.3) is 0 Å². The molecule has 1 aromatic rings. The fraction of sp³-hybridized carbons (Fsp3) is 0.750. The topological polar surface area (TPSA) is 52.6 Å². The minimum Gasteiger partial charge on any atom is -0.466 e. The van der Waals surface area contributed by atoms with Gasteiger partial charge >= 0.3 is 11.9 Å². The van der Waals surface area contributed by atoms with E-state index in [2.05, 4.69) is 48.5 Å². The highest BCUT2D eigenvalue weighted by atomic mass is 19.1. The van der Waals surface area contributed by atoms with Gasteiger partial charge in [0.15, 0.2) is 0 Å². The second-order valence-electron chi connectivity index (χ2n) is 16.6. The smallest absolute Gasteiger partial charge is 0.338 e. The van der Waals surface area contributed by atoms with Crippen LogP contribution in [0.4, 0.5) is 4.39 Å². The lowest BCUT2D eigenvalue weighted by atomic mass is 9.42. The Balaban J connectivity index is 1.49. The molecule has 0 aliphatic heterocycles. The first-order valence-electron chi connectivity index (χ1n) is 18.0. The van der Waals surface area contributed by atoms with Crippen LogP contribution in [0, 0.1) is 45.3 Å². The quantitative estimate of drug-likeness (QED) is 0.192. The molecule has 0 N–H and O–H groups in total. The fourth-order valence-corrected chi connectivity index (χ4v) is 11.2. The molecule has 0 heterocycles. The molecule has 5 heteroatoms. The van der Waals surface area contributed by atoms with Gasteiger partial charge in [0.05, 0.1) is 18.6 Å². The van der Waals surface area contributed by atoms with Crippen molar-refractivity contribution in [2.75, 3.05) is 6.61 Å². The first-order valence-corrected chi connectivity index (χ1v) is 18.0. The number of alkyl halides is 1. The number of fused-ring (bicyclic) bond motifs is 4. The van der Waals surface area contributed by atoms with Crippen molar-refractivity contribution in [3.8, 4) is 0 Å². The second-order valence-corrected chi connectivity index (χ2v) is 16.6. The maximum atomic E-state index is 17.2. The summed E-state index contributed by atoms with van der Waals surface area (Å²) < 4.78 is 29.0. The molecule has 4 aliphatic rings. The number of carbonyl (C=O) groups is 2. The zero-order valence-electron chi connectivity index (χ0n) is 29.3. The van der Waals surface area contributed by atoms with E-state index < -0.39 is 11.6 Å². The summed E-state index contributed by atoms with van der Waals surface area (Å²) in [7, 11) is 0. The van der Waals surface area contributed by atoms with Crippen molar-refractivity contribution in [3.05, 3.63) is 47.0 Å². The Kier molecular flexibility index (Phi) is 9.72. The standard InChI is InChI=1S/C40H59FO4/c1-9-44-35(42)25-40-30-18-19-32-37(5,6)34(45-36(43)28-16-11-10-12-17-28)21-22-38(32,7)29(30)20-23-39(40,8)31(24-33(40)41)27(4)15-13-14-26(2)3/h10-12,16-17,26-27,31-34H,9,13-15,18-25H2,1-8H3/t27-,31-,32+,33?,34+,38-,39-,40-/m1/s1. The van der Waals surface area contributed by atoms with E-state index in [9.17, 15) is 9.59 Å². The van der Waals surface area contributed by atoms with Gasteiger partial charge in [-0.1, -0.05) is 97.1 Å². The molecule has 8 atom stereocenters. The Hall–Kier alpha value is -2.17. The van der Waals surface area contributed by atoms with Gasteiger partial charge in [-0.25, -0.2) is 9.18 Å². The van der Waals surface area contributed by atoms with E-state index in [1.165, 1.54) is 24.0 Å². The van der Waals surface area contributed by atoms with Gasteiger partial charge in [-0.05, 0) is 98.5 Å². The largest absolute Gasteiger partial charge is 0.466 e. The van der Waals surface area contributed by atoms with Crippen LogP contribution in [-0.2, 0) is 14.3 Å². The number of halogens is 1. The van der Waals surface area contributed by atoms with E-state index in [1.807, 2.05) is 37.3 Å². The SMILES string of the molecule is CCOC(=O)C[C@]12C3=C(CC[C@]1(C)[C@@H]([C@H](C)CCCC(C)C)CC2F)[C@@]1(C)CC[C@H](OC(=O)c2ccccc2)C(C)(C)[C@@H]1CC3. The predicted octanol–water partition coefficient (Wildman–Crippen LogP) is 10.3. The highest BCUT2D eigenvalue weighted by Crippen LogP contribution is 2.74. The summed E-state index contributed by atoms with van der Waals surface area (Å²) in [6.45, 7) is 18.3. The molecule has 5 rings (SSSR count). The molecule has 0 aromatic heterocycles. The summed E-state index contributed by atoms with van der Waals surface area (Å²) in [5.74, 6) is 1.14. The number of allylic oxidation sites excluding steroid dienone is 2. The van der Waals surface area contributed by atoms with E-state index in [1.54, 1.807) is 0 Å². The van der Waals surface area contributed by atoms with Crippen LogP contribution in [0.5, 0.6) is 0 Å². The van der Waals surface area contributed by atoms with Gasteiger partial charge in [0, 0.05) is 10.8 Å². The number of esters is 2. The Morgan fingerprint density at radius 2 is 1.67 bits per heavy atom. The highest BCUT2D eigenvalue weighted by Gasteiger charge is 2.69. The van der Waals surface area contributed by atoms with Crippen LogP contribution in [0.1, 0.15) is 136 Å². The van der Waals surface area contributed by atoms with Crippen LogP contribution in [0.3, 0.4) is 0 Å². The Morgan fingerprint density at radius 1 is 0.956 bits per heavy atom. The maximum Gasteiger partial charge on any atom is 0.338 e. The lowest BCUT2D eigenvalue weighted by Gasteiger charge is -2.62. The van der Waals surface area contributed by atoms with E-state index in [-0.39, 0.29) is 46.6 Å². The van der Waals surface area contributed by atoms with Gasteiger partial charge in [0.2, 0.25) is 0 Å². The average Bonchev–Trinajstić information content (AvgIpc) is 3.21. The lowest BCUT2D eigenvalue weighted by molar-refractivity contribution is -0.150. The van der Waals surface area contributed by atoms with Crippen LogP contribution in [0.2, 0.25) is 0 Å². The van der Waals surface area contributed by atoms with E-state index in [0.29, 0.717) is 36.3 Å². The molecular formula is C40H59FO4. The summed E-state index contributed by atoms with van der Waals surface area (Å²) in [6.07, 6.45) is 8.25. The number of ether oxygens (including phenoxy) is 2. The minimum absolute atomic E-state index is 0.115. The summed E-state index contributed by atoms with van der Waals surface area (Å²) >= 11 is 0. The molecule has 0 radical (unpaired) electrons. The Labute approximate surface area is 272 Å². The van der Waals surface area contributed by atoms with Crippen molar-refractivity contribution in [3.63, 3.8) is 0 Å². The van der Waals surface area contributed by atoms with Crippen molar-refractivity contribution >= 4 is 11.9 Å². The third-order valence-corrected chi connectivity index (χ3v) is 13.5. The van der Waals surface area contributed by atoms with Crippen molar-refractivity contribution < 1.29 is 23.5 Å². The van der Waals surface area contributed by atoms with E-state index >= 15 is 4.39 Å². The van der Waals surface area contributed by atoms with Gasteiger partial charge < -0.3 is 9.47 Å². The van der Waals surface area contributed by atoms with Crippen LogP contribution in [0.25, 0.3) is 0 Å². The van der Waals surface area contributed by atoms with Gasteiger partial charge in [-0.2, -0.15) is 0 Å². The van der Waals surface area contributed by atoms with Gasteiger partial charge in [-0.15, -0.1) is 0 Å². The molecule has 2 saturated carbocycles. The molecule has 0 saturated heterocycles. The summed E-state index contributed by atoms with van der Waals surface area (Å²) in [6, 6.07) is 9.28. The van der Waals surface area contributed by atoms with Crippen molar-refractivity contribution in [2.45, 2.75) is 138 Å². The highest BCUT2D eigenvalue weighted by molar-refractivity contribution is 5.89. The molecule has 4 aliphatic carbocycles. The molecule has 4 nitrogen and oxygen atoms in total. The summed E-state index contributed by atoms with van der Waals surface area (Å²) in [5, 5.41) is 0. The zero-order valence-corrected chi connectivity index (χ0v) is 29.3. The molecular weight excluding hydrogens is 563 g/mol. The van der Waals surface area contributed by atoms with Gasteiger partial charge in [-0.3, -0.25) is 4.79 Å². The fourth-order valence-electron chi connectivity index (χ4n) is 11.2. The monoisotopic (exact) mass is 622 g/mol. The molecule has 250 valence electrons. The maximum absolute atomic E-state index is 17.2. The second kappa shape index (κ2) is 12.8. The van der Waals surface area contributed by atoms with Crippen LogP contribution < -0.4 is 0 Å². The van der Waals surface area contributed by atoms with Crippen LogP contribution in [-0.4, -0.2) is 30.8 Å². The molecule has 2 fully saturated rings. The molecule has 0 spiro atoms. The Morgan fingerprint density at radius 3 is 2.33 bits per heavy atom. The first kappa shape index (κ1) is 34.2. The number of hydrogen-bond donors (Lipinski definition) is 0. The molecule has 0 amide bonds. The van der Waals surface area contributed by atoms with Crippen molar-refractivity contribution in [1.29, 1.82) is 0 Å². The number of carbonyl (C=O) groups excluding carboxylic acids is 2. The number of rotatable bonds is 10. The van der Waals surface area contributed by atoms with Crippen molar-refractivity contribution in [2.24, 2.45) is 45.3 Å². The predicted molar refractivity (Wildman–Crippen MR) is 178 cm³/mol. The number of hydrogen-bond acceptors (Lipinski definition) is 4. The van der Waals surface area contributed by atoms with Crippen LogP contribution >= 0.6 is 0 Å². The zero-order chi connectivity index (χ0) is 32.8. The third-order valence-electron chi connectivity index (χ3n) is 13.5. The first-order chi connectivity index (χ1) is 21.2. The molecule has 45 heavy (non-hydrogen) atoms. The van der Waals surface area contributed by atoms with Crippen molar-refractivity contribution in [1.82, 2.24) is 0 Å². The summed E-state index contributed by atoms with van der Waals surface area (Å²) in [4.78, 5) is 26.5. The molecule has 1 aromatic carbocycles. The average molecular weight is 623 g/mol. The van der Waals surface area contributed by atoms with E-state index in [4.69, 9.17) is 9.47 Å². The lowest BCUT2D eigenvalue weighted by Crippen LogP contribution is -2.57. The van der Waals surface area contributed by atoms with E-state index in [0.717, 1.165) is 44.9 Å². The third kappa shape index (κ3) is 5.71. The molecule has 1 unspecified atom stereocenters. The number of benzene rings is 1.